The molecule has 1 unspecified atom stereocenters. The standard InChI is InChI=1S/C15H32N2O4S/c1-12(2)7-9-17(10-8-13(3)4)22(20,21)16(6)11-14(5)15(18)19/h12-14H,7-11H2,1-6H3,(H,18,19). The largest absolute Gasteiger partial charge is 0.481 e. The lowest BCUT2D eigenvalue weighted by Gasteiger charge is -2.29. The van der Waals surface area contributed by atoms with E-state index in [4.69, 9.17) is 5.11 Å². The second kappa shape index (κ2) is 9.47. The van der Waals surface area contributed by atoms with Gasteiger partial charge in [-0.2, -0.15) is 17.0 Å². The van der Waals surface area contributed by atoms with Crippen LogP contribution < -0.4 is 0 Å². The van der Waals surface area contributed by atoms with Crippen LogP contribution in [0.15, 0.2) is 0 Å². The maximum atomic E-state index is 12.7. The first-order valence-corrected chi connectivity index (χ1v) is 9.32. The fourth-order valence-corrected chi connectivity index (χ4v) is 3.38. The van der Waals surface area contributed by atoms with Crippen LogP contribution in [0.2, 0.25) is 0 Å². The molecule has 0 aromatic heterocycles. The van der Waals surface area contributed by atoms with Gasteiger partial charge >= 0.3 is 5.97 Å². The SMILES string of the molecule is CC(C)CCN(CCC(C)C)S(=O)(=O)N(C)CC(C)C(=O)O. The molecule has 22 heavy (non-hydrogen) atoms. The molecule has 0 fully saturated rings. The minimum atomic E-state index is -3.62. The topological polar surface area (TPSA) is 77.9 Å². The Morgan fingerprint density at radius 1 is 1.00 bits per heavy atom. The molecule has 6 nitrogen and oxygen atoms in total. The molecule has 0 aromatic rings. The molecule has 0 bridgehead atoms. The Morgan fingerprint density at radius 3 is 1.73 bits per heavy atom. The van der Waals surface area contributed by atoms with E-state index < -0.39 is 22.1 Å². The molecule has 7 heteroatoms. The van der Waals surface area contributed by atoms with Gasteiger partial charge in [-0.05, 0) is 24.7 Å². The molecule has 0 saturated heterocycles. The molecule has 0 amide bonds. The summed E-state index contributed by atoms with van der Waals surface area (Å²) >= 11 is 0. The summed E-state index contributed by atoms with van der Waals surface area (Å²) in [5.74, 6) is -0.880. The highest BCUT2D eigenvalue weighted by atomic mass is 32.2. The van der Waals surface area contributed by atoms with E-state index in [0.717, 1.165) is 17.1 Å². The first-order valence-electron chi connectivity index (χ1n) is 7.92. The van der Waals surface area contributed by atoms with E-state index in [-0.39, 0.29) is 6.54 Å². The normalized spacial score (nSPS) is 14.3. The Labute approximate surface area is 135 Å². The number of aliphatic carboxylic acids is 1. The fourth-order valence-electron chi connectivity index (χ4n) is 1.90. The van der Waals surface area contributed by atoms with Gasteiger partial charge in [-0.25, -0.2) is 0 Å². The van der Waals surface area contributed by atoms with Crippen LogP contribution in [0.25, 0.3) is 0 Å². The molecule has 132 valence electrons. The van der Waals surface area contributed by atoms with E-state index >= 15 is 0 Å². The summed E-state index contributed by atoms with van der Waals surface area (Å²) in [6.45, 7) is 10.7. The third-order valence-electron chi connectivity index (χ3n) is 3.58. The van der Waals surface area contributed by atoms with E-state index in [2.05, 4.69) is 27.7 Å². The van der Waals surface area contributed by atoms with Gasteiger partial charge < -0.3 is 5.11 Å². The van der Waals surface area contributed by atoms with Crippen LogP contribution >= 0.6 is 0 Å². The number of carbonyl (C=O) groups is 1. The molecule has 0 saturated carbocycles. The Morgan fingerprint density at radius 2 is 1.41 bits per heavy atom. The van der Waals surface area contributed by atoms with Gasteiger partial charge in [-0.3, -0.25) is 4.79 Å². The summed E-state index contributed by atoms with van der Waals surface area (Å²) in [5.41, 5.74) is 0. The lowest BCUT2D eigenvalue weighted by atomic mass is 10.1. The highest BCUT2D eigenvalue weighted by Crippen LogP contribution is 2.14. The molecule has 0 spiro atoms. The van der Waals surface area contributed by atoms with Gasteiger partial charge in [-0.1, -0.05) is 34.6 Å². The minimum Gasteiger partial charge on any atom is -0.481 e. The van der Waals surface area contributed by atoms with Gasteiger partial charge in [0.1, 0.15) is 0 Å². The maximum absolute atomic E-state index is 12.7. The van der Waals surface area contributed by atoms with Gasteiger partial charge in [0, 0.05) is 26.7 Å². The third-order valence-corrected chi connectivity index (χ3v) is 5.54. The van der Waals surface area contributed by atoms with Crippen molar-refractivity contribution in [3.8, 4) is 0 Å². The Hall–Kier alpha value is -0.660. The first kappa shape index (κ1) is 21.3. The number of carboxylic acids is 1. The van der Waals surface area contributed by atoms with Gasteiger partial charge in [0.25, 0.3) is 10.2 Å². The van der Waals surface area contributed by atoms with Crippen LogP contribution in [0.5, 0.6) is 0 Å². The van der Waals surface area contributed by atoms with E-state index in [1.165, 1.54) is 18.3 Å². The molecule has 0 heterocycles. The lowest BCUT2D eigenvalue weighted by Crippen LogP contribution is -2.45. The highest BCUT2D eigenvalue weighted by molar-refractivity contribution is 7.86. The van der Waals surface area contributed by atoms with Crippen molar-refractivity contribution < 1.29 is 18.3 Å². The summed E-state index contributed by atoms with van der Waals surface area (Å²) in [4.78, 5) is 10.9. The summed E-state index contributed by atoms with van der Waals surface area (Å²) in [5, 5.41) is 8.95. The zero-order valence-electron chi connectivity index (χ0n) is 14.7. The van der Waals surface area contributed by atoms with E-state index in [0.29, 0.717) is 24.9 Å². The van der Waals surface area contributed by atoms with Crippen molar-refractivity contribution >= 4 is 16.2 Å². The summed E-state index contributed by atoms with van der Waals surface area (Å²) in [6, 6.07) is 0. The Balaban J connectivity index is 5.00. The predicted molar refractivity (Wildman–Crippen MR) is 88.8 cm³/mol. The van der Waals surface area contributed by atoms with Crippen molar-refractivity contribution in [1.82, 2.24) is 8.61 Å². The van der Waals surface area contributed by atoms with Crippen molar-refractivity contribution in [2.45, 2.75) is 47.5 Å². The zero-order chi connectivity index (χ0) is 17.5. The van der Waals surface area contributed by atoms with E-state index in [1.807, 2.05) is 0 Å². The van der Waals surface area contributed by atoms with Crippen LogP contribution in [-0.2, 0) is 15.0 Å². The van der Waals surface area contributed by atoms with Gasteiger partial charge in [0.2, 0.25) is 0 Å². The number of carboxylic acid groups (broad SMARTS) is 1. The van der Waals surface area contributed by atoms with Gasteiger partial charge in [0.05, 0.1) is 5.92 Å². The zero-order valence-corrected chi connectivity index (χ0v) is 15.6. The van der Waals surface area contributed by atoms with Crippen molar-refractivity contribution in [1.29, 1.82) is 0 Å². The molecular weight excluding hydrogens is 304 g/mol. The first-order chi connectivity index (χ1) is 9.98. The van der Waals surface area contributed by atoms with Crippen molar-refractivity contribution in [3.63, 3.8) is 0 Å². The quantitative estimate of drug-likeness (QED) is 0.628. The molecule has 1 atom stereocenters. The van der Waals surface area contributed by atoms with Crippen LogP contribution in [0.4, 0.5) is 0 Å². The molecular formula is C15H32N2O4S. The second-order valence-electron chi connectivity index (χ2n) is 6.79. The van der Waals surface area contributed by atoms with Crippen LogP contribution in [0, 0.1) is 17.8 Å². The molecule has 0 aliphatic carbocycles. The minimum absolute atomic E-state index is 0.0163. The Bertz CT molecular complexity index is 423. The summed E-state index contributed by atoms with van der Waals surface area (Å²) in [7, 11) is -2.17. The van der Waals surface area contributed by atoms with Crippen LogP contribution in [-0.4, -0.2) is 54.8 Å². The summed E-state index contributed by atoms with van der Waals surface area (Å²) < 4.78 is 28.0. The fraction of sp³-hybridized carbons (Fsp3) is 0.933. The van der Waals surface area contributed by atoms with Crippen LogP contribution in [0.1, 0.15) is 47.5 Å². The molecule has 0 rings (SSSR count). The predicted octanol–water partition coefficient (Wildman–Crippen LogP) is 2.28. The van der Waals surface area contributed by atoms with Crippen molar-refractivity contribution in [2.24, 2.45) is 17.8 Å². The Kier molecular flexibility index (Phi) is 9.19. The highest BCUT2D eigenvalue weighted by Gasteiger charge is 2.29. The third kappa shape index (κ3) is 7.56. The lowest BCUT2D eigenvalue weighted by molar-refractivity contribution is -0.141. The monoisotopic (exact) mass is 336 g/mol. The second-order valence-corrected chi connectivity index (χ2v) is 8.83. The number of rotatable bonds is 11. The number of nitrogens with zero attached hydrogens (tertiary/aromatic N) is 2. The van der Waals surface area contributed by atoms with Crippen molar-refractivity contribution in [3.05, 3.63) is 0 Å². The molecule has 0 aromatic carbocycles. The molecule has 1 N–H and O–H groups in total. The molecule has 0 aliphatic rings. The van der Waals surface area contributed by atoms with Gasteiger partial charge in [-0.15, -0.1) is 0 Å². The average Bonchev–Trinajstić information content (AvgIpc) is 2.37. The number of hydrogen-bond donors (Lipinski definition) is 1. The summed E-state index contributed by atoms with van der Waals surface area (Å²) in [6.07, 6.45) is 1.58. The average molecular weight is 336 g/mol. The smallest absolute Gasteiger partial charge is 0.307 e. The van der Waals surface area contributed by atoms with E-state index in [1.54, 1.807) is 0 Å². The van der Waals surface area contributed by atoms with Crippen molar-refractivity contribution in [2.75, 3.05) is 26.7 Å². The van der Waals surface area contributed by atoms with Gasteiger partial charge in [0.15, 0.2) is 0 Å². The molecule has 0 aliphatic heterocycles. The number of hydrogen-bond acceptors (Lipinski definition) is 3. The van der Waals surface area contributed by atoms with E-state index in [9.17, 15) is 13.2 Å². The maximum Gasteiger partial charge on any atom is 0.307 e. The van der Waals surface area contributed by atoms with Crippen LogP contribution in [0.3, 0.4) is 0 Å². The molecule has 0 radical (unpaired) electrons.